The van der Waals surface area contributed by atoms with Crippen LogP contribution in [0.4, 0.5) is 5.69 Å². The van der Waals surface area contributed by atoms with Crippen LogP contribution in [0.3, 0.4) is 0 Å². The first-order valence-corrected chi connectivity index (χ1v) is 7.97. The first-order chi connectivity index (χ1) is 9.00. The van der Waals surface area contributed by atoms with Gasteiger partial charge in [0.15, 0.2) is 9.84 Å². The molecule has 1 amide bonds. The molecule has 1 fully saturated rings. The van der Waals surface area contributed by atoms with Crippen LogP contribution in [0.25, 0.3) is 0 Å². The highest BCUT2D eigenvalue weighted by molar-refractivity contribution is 7.91. The average Bonchev–Trinajstić information content (AvgIpc) is 2.37. The lowest BCUT2D eigenvalue weighted by Gasteiger charge is -2.22. The second kappa shape index (κ2) is 5.56. The molecule has 0 saturated carbocycles. The Hall–Kier alpha value is -1.63. The minimum Gasteiger partial charge on any atom is -0.388 e. The summed E-state index contributed by atoms with van der Waals surface area (Å²) in [4.78, 5) is 16.0. The summed E-state index contributed by atoms with van der Waals surface area (Å²) in [6.07, 6.45) is 2.83. The van der Waals surface area contributed by atoms with Crippen molar-refractivity contribution in [2.45, 2.75) is 18.9 Å². The highest BCUT2D eigenvalue weighted by atomic mass is 32.2. The number of hydrogen-bond donors (Lipinski definition) is 2. The molecule has 0 aromatic carbocycles. The smallest absolute Gasteiger partial charge is 0.270 e. The van der Waals surface area contributed by atoms with Crippen molar-refractivity contribution in [2.24, 2.45) is 0 Å². The third-order valence-electron chi connectivity index (χ3n) is 3.08. The van der Waals surface area contributed by atoms with Gasteiger partial charge in [-0.1, -0.05) is 0 Å². The van der Waals surface area contributed by atoms with Crippen molar-refractivity contribution in [3.8, 4) is 0 Å². The largest absolute Gasteiger partial charge is 0.388 e. The second-order valence-electron chi connectivity index (χ2n) is 4.61. The van der Waals surface area contributed by atoms with Crippen molar-refractivity contribution in [3.63, 3.8) is 0 Å². The highest BCUT2D eigenvalue weighted by Gasteiger charge is 2.26. The Morgan fingerprint density at radius 1 is 1.47 bits per heavy atom. The number of pyridine rings is 1. The monoisotopic (exact) mass is 283 g/mol. The Labute approximate surface area is 112 Å². The quantitative estimate of drug-likeness (QED) is 0.840. The number of carbonyl (C=O) groups excluding carboxylic acids is 1. The number of sulfone groups is 1. The van der Waals surface area contributed by atoms with E-state index in [9.17, 15) is 13.2 Å². The molecular formula is C12H17N3O3S. The van der Waals surface area contributed by atoms with E-state index in [-0.39, 0.29) is 29.1 Å². The first-order valence-electron chi connectivity index (χ1n) is 6.15. The van der Waals surface area contributed by atoms with Crippen molar-refractivity contribution in [1.29, 1.82) is 0 Å². The fourth-order valence-electron chi connectivity index (χ4n) is 2.11. The van der Waals surface area contributed by atoms with E-state index >= 15 is 0 Å². The predicted molar refractivity (Wildman–Crippen MR) is 72.9 cm³/mol. The van der Waals surface area contributed by atoms with Crippen molar-refractivity contribution in [3.05, 3.63) is 24.0 Å². The summed E-state index contributed by atoms with van der Waals surface area (Å²) in [5.74, 6) is -0.101. The summed E-state index contributed by atoms with van der Waals surface area (Å²) in [6.45, 7) is 0. The Morgan fingerprint density at radius 2 is 2.26 bits per heavy atom. The maximum Gasteiger partial charge on any atom is 0.270 e. The molecule has 2 rings (SSSR count). The maximum atomic E-state index is 12.0. The van der Waals surface area contributed by atoms with E-state index in [1.807, 2.05) is 0 Å². The summed E-state index contributed by atoms with van der Waals surface area (Å²) in [6, 6.07) is 3.07. The van der Waals surface area contributed by atoms with Crippen LogP contribution in [0.1, 0.15) is 23.3 Å². The fourth-order valence-corrected chi connectivity index (χ4v) is 3.74. The van der Waals surface area contributed by atoms with Gasteiger partial charge in [0.05, 0.1) is 11.5 Å². The molecule has 0 spiro atoms. The Kier molecular flexibility index (Phi) is 4.04. The molecule has 0 radical (unpaired) electrons. The molecule has 7 heteroatoms. The van der Waals surface area contributed by atoms with Crippen LogP contribution >= 0.6 is 0 Å². The van der Waals surface area contributed by atoms with Gasteiger partial charge >= 0.3 is 0 Å². The molecule has 2 N–H and O–H groups in total. The molecule has 1 unspecified atom stereocenters. The van der Waals surface area contributed by atoms with E-state index in [0.29, 0.717) is 12.8 Å². The average molecular weight is 283 g/mol. The number of hydrogen-bond acceptors (Lipinski definition) is 5. The zero-order chi connectivity index (χ0) is 13.9. The van der Waals surface area contributed by atoms with Crippen LogP contribution in [0.2, 0.25) is 0 Å². The van der Waals surface area contributed by atoms with Crippen LogP contribution in [0.5, 0.6) is 0 Å². The summed E-state index contributed by atoms with van der Waals surface area (Å²) >= 11 is 0. The van der Waals surface area contributed by atoms with Crippen molar-refractivity contribution in [2.75, 3.05) is 23.9 Å². The second-order valence-corrected chi connectivity index (χ2v) is 6.84. The summed E-state index contributed by atoms with van der Waals surface area (Å²) in [5, 5.41) is 5.66. The number of carbonyl (C=O) groups is 1. The fraction of sp³-hybridized carbons (Fsp3) is 0.500. The molecule has 6 nitrogen and oxygen atoms in total. The van der Waals surface area contributed by atoms with E-state index in [1.54, 1.807) is 25.4 Å². The van der Waals surface area contributed by atoms with Crippen molar-refractivity contribution in [1.82, 2.24) is 10.3 Å². The molecule has 2 heterocycles. The molecule has 19 heavy (non-hydrogen) atoms. The number of amides is 1. The molecule has 1 atom stereocenters. The van der Waals surface area contributed by atoms with Gasteiger partial charge in [-0.15, -0.1) is 0 Å². The summed E-state index contributed by atoms with van der Waals surface area (Å²) in [5.41, 5.74) is 1.08. The lowest BCUT2D eigenvalue weighted by molar-refractivity contribution is 0.0933. The molecule has 0 bridgehead atoms. The SMILES string of the molecule is CNc1ccnc(C(=O)NC2CCCS(=O)(=O)C2)c1. The number of rotatable bonds is 3. The predicted octanol–water partition coefficient (Wildman–Crippen LogP) is 0.430. The van der Waals surface area contributed by atoms with E-state index in [2.05, 4.69) is 15.6 Å². The van der Waals surface area contributed by atoms with Crippen molar-refractivity contribution >= 4 is 21.4 Å². The van der Waals surface area contributed by atoms with Crippen LogP contribution < -0.4 is 10.6 Å². The molecule has 1 saturated heterocycles. The van der Waals surface area contributed by atoms with Gasteiger partial charge < -0.3 is 10.6 Å². The maximum absolute atomic E-state index is 12.0. The zero-order valence-corrected chi connectivity index (χ0v) is 11.5. The Morgan fingerprint density at radius 3 is 2.95 bits per heavy atom. The minimum absolute atomic E-state index is 0.0183. The molecule has 1 aliphatic heterocycles. The standard InChI is InChI=1S/C12H17N3O3S/c1-13-9-4-5-14-11(7-9)12(16)15-10-3-2-6-19(17,18)8-10/h4-5,7,10H,2-3,6,8H2,1H3,(H,13,14)(H,15,16). The van der Waals surface area contributed by atoms with Crippen LogP contribution in [-0.2, 0) is 9.84 Å². The van der Waals surface area contributed by atoms with Crippen LogP contribution in [-0.4, -0.2) is 43.9 Å². The van der Waals surface area contributed by atoms with Gasteiger partial charge in [0, 0.05) is 25.0 Å². The van der Waals surface area contributed by atoms with Crippen LogP contribution in [0, 0.1) is 0 Å². The van der Waals surface area contributed by atoms with Gasteiger partial charge in [0.1, 0.15) is 5.69 Å². The number of aromatic nitrogens is 1. The van der Waals surface area contributed by atoms with E-state index in [0.717, 1.165) is 5.69 Å². The normalized spacial score (nSPS) is 21.6. The summed E-state index contributed by atoms with van der Waals surface area (Å²) < 4.78 is 23.0. The minimum atomic E-state index is -3.02. The molecule has 1 aliphatic rings. The number of anilines is 1. The molecule has 0 aliphatic carbocycles. The van der Waals surface area contributed by atoms with E-state index in [4.69, 9.17) is 0 Å². The number of nitrogens with zero attached hydrogens (tertiary/aromatic N) is 1. The Balaban J connectivity index is 2.04. The van der Waals surface area contributed by atoms with Gasteiger partial charge in [-0.2, -0.15) is 0 Å². The lowest BCUT2D eigenvalue weighted by atomic mass is 10.2. The molecular weight excluding hydrogens is 266 g/mol. The van der Waals surface area contributed by atoms with Gasteiger partial charge in [-0.25, -0.2) is 8.42 Å². The highest BCUT2D eigenvalue weighted by Crippen LogP contribution is 2.13. The van der Waals surface area contributed by atoms with Crippen LogP contribution in [0.15, 0.2) is 18.3 Å². The zero-order valence-electron chi connectivity index (χ0n) is 10.7. The molecule has 1 aromatic heterocycles. The van der Waals surface area contributed by atoms with E-state index in [1.165, 1.54) is 0 Å². The third kappa shape index (κ3) is 3.66. The van der Waals surface area contributed by atoms with Gasteiger partial charge in [0.2, 0.25) is 0 Å². The molecule has 104 valence electrons. The first kappa shape index (κ1) is 13.8. The third-order valence-corrected chi connectivity index (χ3v) is 4.90. The van der Waals surface area contributed by atoms with Gasteiger partial charge in [-0.3, -0.25) is 9.78 Å². The van der Waals surface area contributed by atoms with E-state index < -0.39 is 9.84 Å². The van der Waals surface area contributed by atoms with Gasteiger partial charge in [0.25, 0.3) is 5.91 Å². The number of nitrogens with one attached hydrogen (secondary N) is 2. The Bertz CT molecular complexity index is 571. The molecule has 1 aromatic rings. The topological polar surface area (TPSA) is 88.2 Å². The van der Waals surface area contributed by atoms with Gasteiger partial charge in [-0.05, 0) is 25.0 Å². The lowest BCUT2D eigenvalue weighted by Crippen LogP contribution is -2.43. The summed E-state index contributed by atoms with van der Waals surface area (Å²) in [7, 11) is -1.27. The van der Waals surface area contributed by atoms with Crippen molar-refractivity contribution < 1.29 is 13.2 Å².